The first-order valence-electron chi connectivity index (χ1n) is 9.26. The summed E-state index contributed by atoms with van der Waals surface area (Å²) in [6.45, 7) is 6.90. The molecule has 150 valence electrons. The number of nitrogens with one attached hydrogen (secondary N) is 2. The van der Waals surface area contributed by atoms with Crippen LogP contribution in [0.25, 0.3) is 0 Å². The van der Waals surface area contributed by atoms with Crippen molar-refractivity contribution < 1.29 is 19.1 Å². The molecule has 8 nitrogen and oxygen atoms in total. The number of aromatic nitrogens is 1. The van der Waals surface area contributed by atoms with E-state index in [1.165, 1.54) is 6.42 Å². The minimum absolute atomic E-state index is 0.139. The molecule has 2 heterocycles. The number of likely N-dealkylation sites (tertiary alicyclic amines) is 1. The molecule has 2 rings (SSSR count). The summed E-state index contributed by atoms with van der Waals surface area (Å²) in [6, 6.07) is 2.39. The molecule has 1 fully saturated rings. The predicted molar refractivity (Wildman–Crippen MR) is 102 cm³/mol. The average molecular weight is 378 g/mol. The quantitative estimate of drug-likeness (QED) is 0.704. The molecule has 1 aromatic heterocycles. The maximum absolute atomic E-state index is 11.7. The van der Waals surface area contributed by atoms with Crippen LogP contribution in [0.15, 0.2) is 18.5 Å². The summed E-state index contributed by atoms with van der Waals surface area (Å²) in [5, 5.41) is 5.10. The van der Waals surface area contributed by atoms with Gasteiger partial charge in [-0.3, -0.25) is 14.7 Å². The van der Waals surface area contributed by atoms with Gasteiger partial charge < -0.3 is 20.1 Å². The maximum Gasteiger partial charge on any atom is 0.408 e. The highest BCUT2D eigenvalue weighted by Gasteiger charge is 2.23. The minimum Gasteiger partial charge on any atom is -0.490 e. The molecule has 1 saturated heterocycles. The number of rotatable bonds is 7. The van der Waals surface area contributed by atoms with Crippen LogP contribution in [0.3, 0.4) is 0 Å². The first-order chi connectivity index (χ1) is 12.7. The van der Waals surface area contributed by atoms with Crippen molar-refractivity contribution in [2.24, 2.45) is 0 Å². The molecule has 8 heteroatoms. The van der Waals surface area contributed by atoms with Crippen molar-refractivity contribution in [3.63, 3.8) is 0 Å². The van der Waals surface area contributed by atoms with Crippen molar-refractivity contribution >= 4 is 12.0 Å². The highest BCUT2D eigenvalue weighted by atomic mass is 16.6. The fraction of sp³-hybridized carbons (Fsp3) is 0.632. The predicted octanol–water partition coefficient (Wildman–Crippen LogP) is 1.87. The summed E-state index contributed by atoms with van der Waals surface area (Å²) in [6.07, 6.45) is 5.25. The second-order valence-corrected chi connectivity index (χ2v) is 7.65. The van der Waals surface area contributed by atoms with Gasteiger partial charge in [-0.05, 0) is 58.8 Å². The van der Waals surface area contributed by atoms with E-state index in [4.69, 9.17) is 9.47 Å². The monoisotopic (exact) mass is 378 g/mol. The van der Waals surface area contributed by atoms with Crippen molar-refractivity contribution in [1.82, 2.24) is 20.5 Å². The van der Waals surface area contributed by atoms with E-state index in [-0.39, 0.29) is 12.5 Å². The van der Waals surface area contributed by atoms with E-state index in [0.717, 1.165) is 18.5 Å². The Morgan fingerprint density at radius 1 is 1.30 bits per heavy atom. The van der Waals surface area contributed by atoms with E-state index < -0.39 is 11.7 Å². The third-order valence-electron chi connectivity index (χ3n) is 4.12. The maximum atomic E-state index is 11.7. The van der Waals surface area contributed by atoms with Gasteiger partial charge in [0.15, 0.2) is 0 Å². The van der Waals surface area contributed by atoms with Crippen LogP contribution in [0.5, 0.6) is 5.75 Å². The molecular formula is C19H30N4O4. The minimum atomic E-state index is -0.617. The van der Waals surface area contributed by atoms with Crippen molar-refractivity contribution in [2.45, 2.75) is 45.3 Å². The summed E-state index contributed by atoms with van der Waals surface area (Å²) in [5.74, 6) is 0.387. The van der Waals surface area contributed by atoms with Crippen LogP contribution in [0.1, 0.15) is 45.2 Å². The number of alkyl carbamates (subject to hydrolysis) is 1. The van der Waals surface area contributed by atoms with Gasteiger partial charge in [0.25, 0.3) is 0 Å². The van der Waals surface area contributed by atoms with E-state index in [9.17, 15) is 9.59 Å². The lowest BCUT2D eigenvalue weighted by atomic mass is 10.1. The third-order valence-corrected chi connectivity index (χ3v) is 4.12. The summed E-state index contributed by atoms with van der Waals surface area (Å²) in [5.41, 5.74) is 0.558. The third kappa shape index (κ3) is 7.42. The smallest absolute Gasteiger partial charge is 0.408 e. The van der Waals surface area contributed by atoms with Gasteiger partial charge in [0.05, 0.1) is 19.3 Å². The Morgan fingerprint density at radius 3 is 2.74 bits per heavy atom. The van der Waals surface area contributed by atoms with Crippen LogP contribution < -0.4 is 15.4 Å². The number of hydrogen-bond donors (Lipinski definition) is 2. The number of nitrogens with zero attached hydrogens (tertiary/aromatic N) is 2. The highest BCUT2D eigenvalue weighted by molar-refractivity contribution is 5.82. The van der Waals surface area contributed by atoms with Gasteiger partial charge in [0.2, 0.25) is 5.91 Å². The van der Waals surface area contributed by atoms with E-state index in [1.54, 1.807) is 27.0 Å². The van der Waals surface area contributed by atoms with Crippen LogP contribution in [0.4, 0.5) is 4.79 Å². The highest BCUT2D eigenvalue weighted by Crippen LogP contribution is 2.31. The molecule has 0 saturated carbocycles. The van der Waals surface area contributed by atoms with Gasteiger partial charge in [-0.1, -0.05) is 0 Å². The molecule has 27 heavy (non-hydrogen) atoms. The molecule has 0 bridgehead atoms. The summed E-state index contributed by atoms with van der Waals surface area (Å²) in [7, 11) is 2.12. The lowest BCUT2D eigenvalue weighted by Gasteiger charge is -2.20. The fourth-order valence-electron chi connectivity index (χ4n) is 2.92. The molecule has 1 unspecified atom stereocenters. The van der Waals surface area contributed by atoms with Gasteiger partial charge in [0.1, 0.15) is 18.0 Å². The van der Waals surface area contributed by atoms with Crippen molar-refractivity contribution in [3.05, 3.63) is 24.0 Å². The summed E-state index contributed by atoms with van der Waals surface area (Å²) >= 11 is 0. The summed E-state index contributed by atoms with van der Waals surface area (Å²) in [4.78, 5) is 29.8. The number of ether oxygens (including phenoxy) is 2. The fourth-order valence-corrected chi connectivity index (χ4v) is 2.92. The molecule has 1 aliphatic rings. The second kappa shape index (κ2) is 9.55. The number of carbonyl (C=O) groups is 2. The van der Waals surface area contributed by atoms with Crippen LogP contribution in [0, 0.1) is 0 Å². The Hall–Kier alpha value is -2.35. The standard InChI is InChI=1S/C19H30N4O4/c1-19(2,3)27-18(25)22-13-17(24)21-7-9-26-15-10-14(11-20-12-15)16-6-5-8-23(16)4/h10-12,16H,5-9,13H2,1-4H3,(H,21,24)(H,22,25). The zero-order valence-corrected chi connectivity index (χ0v) is 16.6. The number of hydrogen-bond acceptors (Lipinski definition) is 6. The lowest BCUT2D eigenvalue weighted by molar-refractivity contribution is -0.120. The molecule has 0 aromatic carbocycles. The molecule has 1 aromatic rings. The normalized spacial score (nSPS) is 17.4. The van der Waals surface area contributed by atoms with E-state index in [2.05, 4.69) is 27.6 Å². The number of carbonyl (C=O) groups excluding carboxylic acids is 2. The van der Waals surface area contributed by atoms with E-state index >= 15 is 0 Å². The second-order valence-electron chi connectivity index (χ2n) is 7.65. The summed E-state index contributed by atoms with van der Waals surface area (Å²) < 4.78 is 10.7. The number of amides is 2. The molecular weight excluding hydrogens is 348 g/mol. The van der Waals surface area contributed by atoms with Crippen LogP contribution in [-0.4, -0.2) is 60.8 Å². The van der Waals surface area contributed by atoms with E-state index in [0.29, 0.717) is 24.9 Å². The van der Waals surface area contributed by atoms with Gasteiger partial charge in [-0.2, -0.15) is 0 Å². The molecule has 0 spiro atoms. The van der Waals surface area contributed by atoms with Crippen LogP contribution >= 0.6 is 0 Å². The van der Waals surface area contributed by atoms with Gasteiger partial charge in [0, 0.05) is 12.2 Å². The Balaban J connectivity index is 1.66. The zero-order chi connectivity index (χ0) is 19.9. The van der Waals surface area contributed by atoms with Crippen LogP contribution in [-0.2, 0) is 9.53 Å². The van der Waals surface area contributed by atoms with Crippen LogP contribution in [0.2, 0.25) is 0 Å². The molecule has 2 N–H and O–H groups in total. The van der Waals surface area contributed by atoms with Crippen molar-refractivity contribution in [1.29, 1.82) is 0 Å². The van der Waals surface area contributed by atoms with Gasteiger partial charge in [-0.25, -0.2) is 4.79 Å². The number of pyridine rings is 1. The Bertz CT molecular complexity index is 645. The van der Waals surface area contributed by atoms with Gasteiger partial charge in [-0.15, -0.1) is 0 Å². The molecule has 0 radical (unpaired) electrons. The Labute approximate surface area is 160 Å². The topological polar surface area (TPSA) is 92.8 Å². The molecule has 2 amide bonds. The van der Waals surface area contributed by atoms with Crippen molar-refractivity contribution in [3.8, 4) is 5.75 Å². The van der Waals surface area contributed by atoms with Crippen molar-refractivity contribution in [2.75, 3.05) is 33.3 Å². The largest absolute Gasteiger partial charge is 0.490 e. The first kappa shape index (κ1) is 21.0. The Morgan fingerprint density at radius 2 is 2.07 bits per heavy atom. The SMILES string of the molecule is CN1CCCC1c1cncc(OCCNC(=O)CNC(=O)OC(C)(C)C)c1. The first-order valence-corrected chi connectivity index (χ1v) is 9.26. The molecule has 1 atom stereocenters. The lowest BCUT2D eigenvalue weighted by Crippen LogP contribution is -2.40. The Kier molecular flexibility index (Phi) is 7.41. The average Bonchev–Trinajstić information content (AvgIpc) is 3.02. The molecule has 0 aliphatic carbocycles. The zero-order valence-electron chi connectivity index (χ0n) is 16.6. The van der Waals surface area contributed by atoms with Gasteiger partial charge >= 0.3 is 6.09 Å². The van der Waals surface area contributed by atoms with E-state index in [1.807, 2.05) is 12.3 Å². The molecule has 1 aliphatic heterocycles.